The molecule has 1 saturated heterocycles. The Morgan fingerprint density at radius 2 is 2.10 bits per heavy atom. The predicted octanol–water partition coefficient (Wildman–Crippen LogP) is 2.65. The number of nitrogens with zero attached hydrogens (tertiary/aromatic N) is 1. The fourth-order valence-electron chi connectivity index (χ4n) is 2.67. The molecule has 1 aliphatic heterocycles. The van der Waals surface area contributed by atoms with Crippen molar-refractivity contribution >= 4 is 21.6 Å². The third-order valence-electron chi connectivity index (χ3n) is 3.78. The van der Waals surface area contributed by atoms with E-state index in [4.69, 9.17) is 11.6 Å². The van der Waals surface area contributed by atoms with Crippen LogP contribution in [-0.4, -0.2) is 36.5 Å². The second kappa shape index (κ2) is 6.43. The van der Waals surface area contributed by atoms with Gasteiger partial charge in [-0.05, 0) is 31.4 Å². The number of rotatable bonds is 4. The van der Waals surface area contributed by atoms with E-state index < -0.39 is 16.1 Å². The van der Waals surface area contributed by atoms with E-state index in [1.807, 2.05) is 6.92 Å². The van der Waals surface area contributed by atoms with Crippen LogP contribution < -0.4 is 0 Å². The van der Waals surface area contributed by atoms with Crippen LogP contribution in [0.3, 0.4) is 0 Å². The maximum absolute atomic E-state index is 12.8. The quantitative estimate of drug-likeness (QED) is 0.928. The number of piperidine rings is 1. The van der Waals surface area contributed by atoms with Gasteiger partial charge >= 0.3 is 0 Å². The smallest absolute Gasteiger partial charge is 0.244 e. The van der Waals surface area contributed by atoms with E-state index in [1.54, 1.807) is 18.2 Å². The molecule has 1 N–H and O–H groups in total. The van der Waals surface area contributed by atoms with Gasteiger partial charge in [-0.3, -0.25) is 0 Å². The van der Waals surface area contributed by atoms with Gasteiger partial charge in [0.1, 0.15) is 4.90 Å². The van der Waals surface area contributed by atoms with Crippen molar-refractivity contribution in [1.82, 2.24) is 4.31 Å². The zero-order valence-corrected chi connectivity index (χ0v) is 13.1. The molecular weight excluding hydrogens is 298 g/mol. The largest absolute Gasteiger partial charge is 0.391 e. The lowest BCUT2D eigenvalue weighted by molar-refractivity contribution is 0.0667. The van der Waals surface area contributed by atoms with E-state index in [0.29, 0.717) is 19.4 Å². The van der Waals surface area contributed by atoms with E-state index in [2.05, 4.69) is 0 Å². The molecule has 1 heterocycles. The summed E-state index contributed by atoms with van der Waals surface area (Å²) in [5, 5.41) is 10.3. The van der Waals surface area contributed by atoms with Crippen molar-refractivity contribution in [2.75, 3.05) is 6.54 Å². The molecule has 4 nitrogen and oxygen atoms in total. The van der Waals surface area contributed by atoms with E-state index in [-0.39, 0.29) is 16.0 Å². The first-order valence-electron chi connectivity index (χ1n) is 6.93. The zero-order valence-electron chi connectivity index (χ0n) is 11.5. The molecule has 112 valence electrons. The summed E-state index contributed by atoms with van der Waals surface area (Å²) in [6.07, 6.45) is 2.36. The maximum Gasteiger partial charge on any atom is 0.244 e. The van der Waals surface area contributed by atoms with Crippen molar-refractivity contribution in [1.29, 1.82) is 0 Å². The minimum Gasteiger partial charge on any atom is -0.391 e. The van der Waals surface area contributed by atoms with Gasteiger partial charge in [-0.2, -0.15) is 4.31 Å². The summed E-state index contributed by atoms with van der Waals surface area (Å²) in [5.74, 6) is 0. The summed E-state index contributed by atoms with van der Waals surface area (Å²) in [4.78, 5) is 0.122. The van der Waals surface area contributed by atoms with Crippen LogP contribution >= 0.6 is 11.6 Å². The van der Waals surface area contributed by atoms with E-state index >= 15 is 0 Å². The lowest BCUT2D eigenvalue weighted by Crippen LogP contribution is -2.49. The monoisotopic (exact) mass is 317 g/mol. The molecule has 6 heteroatoms. The van der Waals surface area contributed by atoms with Gasteiger partial charge < -0.3 is 5.11 Å². The lowest BCUT2D eigenvalue weighted by Gasteiger charge is -2.37. The third kappa shape index (κ3) is 3.01. The van der Waals surface area contributed by atoms with Gasteiger partial charge in [0.15, 0.2) is 0 Å². The number of benzene rings is 1. The van der Waals surface area contributed by atoms with E-state index in [1.165, 1.54) is 10.4 Å². The summed E-state index contributed by atoms with van der Waals surface area (Å²) in [5.41, 5.74) is 0. The first-order valence-corrected chi connectivity index (χ1v) is 8.74. The predicted molar refractivity (Wildman–Crippen MR) is 79.3 cm³/mol. The molecular formula is C14H20ClNO3S. The van der Waals surface area contributed by atoms with Gasteiger partial charge in [-0.25, -0.2) is 8.42 Å². The second-order valence-electron chi connectivity index (χ2n) is 5.08. The molecule has 20 heavy (non-hydrogen) atoms. The van der Waals surface area contributed by atoms with E-state index in [9.17, 15) is 13.5 Å². The van der Waals surface area contributed by atoms with Crippen molar-refractivity contribution in [3.05, 3.63) is 29.3 Å². The SMILES string of the molecule is CCC(O)C1CCCCN1S(=O)(=O)c1ccccc1Cl. The zero-order chi connectivity index (χ0) is 14.8. The average molecular weight is 318 g/mol. The highest BCUT2D eigenvalue weighted by atomic mass is 35.5. The molecule has 0 saturated carbocycles. The first kappa shape index (κ1) is 15.8. The highest BCUT2D eigenvalue weighted by Crippen LogP contribution is 2.31. The molecule has 1 aromatic carbocycles. The van der Waals surface area contributed by atoms with Gasteiger partial charge in [0.2, 0.25) is 10.0 Å². The fourth-order valence-corrected chi connectivity index (χ4v) is 4.88. The molecule has 0 aliphatic carbocycles. The number of hydrogen-bond donors (Lipinski definition) is 1. The third-order valence-corrected chi connectivity index (χ3v) is 6.21. The Kier molecular flexibility index (Phi) is 5.07. The van der Waals surface area contributed by atoms with Crippen molar-refractivity contribution in [2.45, 2.75) is 49.6 Å². The van der Waals surface area contributed by atoms with Crippen molar-refractivity contribution < 1.29 is 13.5 Å². The summed E-state index contributed by atoms with van der Waals surface area (Å²) < 4.78 is 27.0. The van der Waals surface area contributed by atoms with Crippen molar-refractivity contribution in [3.8, 4) is 0 Å². The number of aliphatic hydroxyl groups is 1. The van der Waals surface area contributed by atoms with Gasteiger partial charge in [0.05, 0.1) is 17.2 Å². The Labute approximate surface area is 125 Å². The number of hydrogen-bond acceptors (Lipinski definition) is 3. The lowest BCUT2D eigenvalue weighted by atomic mass is 9.98. The van der Waals surface area contributed by atoms with Gasteiger partial charge in [-0.15, -0.1) is 0 Å². The highest BCUT2D eigenvalue weighted by molar-refractivity contribution is 7.89. The fraction of sp³-hybridized carbons (Fsp3) is 0.571. The van der Waals surface area contributed by atoms with Crippen LogP contribution in [0.25, 0.3) is 0 Å². The van der Waals surface area contributed by atoms with Gasteiger partial charge in [-0.1, -0.05) is 37.1 Å². The van der Waals surface area contributed by atoms with Crippen LogP contribution in [0.1, 0.15) is 32.6 Å². The Bertz CT molecular complexity index is 561. The Hall–Kier alpha value is -0.620. The van der Waals surface area contributed by atoms with Crippen LogP contribution in [0, 0.1) is 0 Å². The van der Waals surface area contributed by atoms with Crippen molar-refractivity contribution in [2.24, 2.45) is 0 Å². The standard InChI is InChI=1S/C14H20ClNO3S/c1-2-13(17)12-8-5-6-10-16(12)20(18,19)14-9-4-3-7-11(14)15/h3-4,7,9,12-13,17H,2,5-6,8,10H2,1H3. The van der Waals surface area contributed by atoms with Gasteiger partial charge in [0.25, 0.3) is 0 Å². The minimum atomic E-state index is -3.66. The van der Waals surface area contributed by atoms with Crippen LogP contribution in [0.4, 0.5) is 0 Å². The number of aliphatic hydroxyl groups excluding tert-OH is 1. The normalized spacial score (nSPS) is 22.6. The Balaban J connectivity index is 2.38. The number of halogens is 1. The molecule has 0 amide bonds. The van der Waals surface area contributed by atoms with Crippen molar-refractivity contribution in [3.63, 3.8) is 0 Å². The van der Waals surface area contributed by atoms with Crippen LogP contribution in [-0.2, 0) is 10.0 Å². The average Bonchev–Trinajstić information content (AvgIpc) is 2.46. The molecule has 1 aliphatic rings. The topological polar surface area (TPSA) is 57.6 Å². The Morgan fingerprint density at radius 1 is 1.40 bits per heavy atom. The molecule has 2 atom stereocenters. The van der Waals surface area contributed by atoms with Crippen LogP contribution in [0.15, 0.2) is 29.2 Å². The first-order chi connectivity index (χ1) is 9.48. The summed E-state index contributed by atoms with van der Waals surface area (Å²) in [6.45, 7) is 2.30. The molecule has 1 aromatic rings. The number of sulfonamides is 1. The van der Waals surface area contributed by atoms with Crippen LogP contribution in [0.2, 0.25) is 5.02 Å². The van der Waals surface area contributed by atoms with Crippen LogP contribution in [0.5, 0.6) is 0 Å². The Morgan fingerprint density at radius 3 is 2.75 bits per heavy atom. The summed E-state index contributed by atoms with van der Waals surface area (Å²) in [6, 6.07) is 6.10. The highest BCUT2D eigenvalue weighted by Gasteiger charge is 2.37. The second-order valence-corrected chi connectivity index (χ2v) is 7.35. The molecule has 0 bridgehead atoms. The van der Waals surface area contributed by atoms with Gasteiger partial charge in [0, 0.05) is 6.54 Å². The van der Waals surface area contributed by atoms with E-state index in [0.717, 1.165) is 12.8 Å². The molecule has 0 aromatic heterocycles. The molecule has 2 unspecified atom stereocenters. The molecule has 0 spiro atoms. The molecule has 2 rings (SSSR count). The minimum absolute atomic E-state index is 0.122. The maximum atomic E-state index is 12.8. The molecule has 0 radical (unpaired) electrons. The summed E-state index contributed by atoms with van der Waals surface area (Å²) >= 11 is 6.02. The summed E-state index contributed by atoms with van der Waals surface area (Å²) in [7, 11) is -3.66. The molecule has 1 fully saturated rings.